The maximum absolute atomic E-state index is 13.0. The van der Waals surface area contributed by atoms with Gasteiger partial charge >= 0.3 is 5.97 Å². The third-order valence-corrected chi connectivity index (χ3v) is 5.25. The van der Waals surface area contributed by atoms with Gasteiger partial charge in [0.05, 0.1) is 0 Å². The SMILES string of the molecule is O=C(OCc1cc(-c2ccc3c(c2)OCCO3)on1)C(c1ccccc1)c1ccccc1. The maximum Gasteiger partial charge on any atom is 0.318 e. The molecule has 0 bridgehead atoms. The normalized spacial score (nSPS) is 12.5. The molecule has 0 atom stereocenters. The van der Waals surface area contributed by atoms with Crippen LogP contribution in [0.2, 0.25) is 0 Å². The topological polar surface area (TPSA) is 70.8 Å². The van der Waals surface area contributed by atoms with Gasteiger partial charge in [0.1, 0.15) is 31.4 Å². The Morgan fingerprint density at radius 1 is 0.844 bits per heavy atom. The summed E-state index contributed by atoms with van der Waals surface area (Å²) in [6.45, 7) is 1.07. The minimum absolute atomic E-state index is 0.0169. The zero-order valence-electron chi connectivity index (χ0n) is 17.3. The molecule has 160 valence electrons. The average Bonchev–Trinajstić information content (AvgIpc) is 3.33. The van der Waals surface area contributed by atoms with Crippen LogP contribution in [0.1, 0.15) is 22.7 Å². The monoisotopic (exact) mass is 427 g/mol. The van der Waals surface area contributed by atoms with Crippen LogP contribution >= 0.6 is 0 Å². The van der Waals surface area contributed by atoms with Gasteiger partial charge in [0.15, 0.2) is 17.3 Å². The maximum atomic E-state index is 13.0. The predicted octanol–water partition coefficient (Wildman–Crippen LogP) is 4.99. The van der Waals surface area contributed by atoms with Gasteiger partial charge in [-0.1, -0.05) is 65.8 Å². The van der Waals surface area contributed by atoms with E-state index < -0.39 is 5.92 Å². The highest BCUT2D eigenvalue weighted by Gasteiger charge is 2.24. The molecule has 3 aromatic carbocycles. The van der Waals surface area contributed by atoms with E-state index in [1.807, 2.05) is 78.9 Å². The number of fused-ring (bicyclic) bond motifs is 1. The fourth-order valence-corrected chi connectivity index (χ4v) is 3.70. The molecule has 0 spiro atoms. The molecule has 1 aliphatic heterocycles. The van der Waals surface area contributed by atoms with Gasteiger partial charge < -0.3 is 18.7 Å². The number of hydrogen-bond donors (Lipinski definition) is 0. The van der Waals surface area contributed by atoms with Gasteiger partial charge in [-0.15, -0.1) is 0 Å². The van der Waals surface area contributed by atoms with E-state index >= 15 is 0 Å². The van der Waals surface area contributed by atoms with Crippen molar-refractivity contribution in [3.8, 4) is 22.8 Å². The standard InChI is InChI=1S/C26H21NO5/c28-26(25(18-7-3-1-4-8-18)19-9-5-2-6-10-19)31-17-21-16-23(32-27-21)20-11-12-22-24(15-20)30-14-13-29-22/h1-12,15-16,25H,13-14,17H2. The van der Waals surface area contributed by atoms with Gasteiger partial charge in [-0.25, -0.2) is 0 Å². The van der Waals surface area contributed by atoms with Gasteiger partial charge in [0.25, 0.3) is 0 Å². The number of nitrogens with zero attached hydrogens (tertiary/aromatic N) is 1. The van der Waals surface area contributed by atoms with Crippen LogP contribution < -0.4 is 9.47 Å². The van der Waals surface area contributed by atoms with Crippen molar-refractivity contribution in [1.29, 1.82) is 0 Å². The Morgan fingerprint density at radius 3 is 2.19 bits per heavy atom. The number of rotatable bonds is 6. The first-order chi connectivity index (χ1) is 15.8. The molecule has 0 amide bonds. The molecule has 0 N–H and O–H groups in total. The van der Waals surface area contributed by atoms with Crippen LogP contribution in [0.15, 0.2) is 89.5 Å². The summed E-state index contributed by atoms with van der Waals surface area (Å²) in [6, 6.07) is 26.5. The van der Waals surface area contributed by atoms with E-state index in [1.165, 1.54) is 0 Å². The summed E-state index contributed by atoms with van der Waals surface area (Å²) in [5.74, 6) is 1.09. The van der Waals surface area contributed by atoms with E-state index in [2.05, 4.69) is 5.16 Å². The van der Waals surface area contributed by atoms with Crippen molar-refractivity contribution in [2.24, 2.45) is 0 Å². The first-order valence-corrected chi connectivity index (χ1v) is 10.4. The highest BCUT2D eigenvalue weighted by atomic mass is 16.6. The van der Waals surface area contributed by atoms with Gasteiger partial charge in [-0.3, -0.25) is 4.79 Å². The molecule has 6 nitrogen and oxygen atoms in total. The molecule has 0 saturated heterocycles. The number of esters is 1. The van der Waals surface area contributed by atoms with Crippen LogP contribution in [0.3, 0.4) is 0 Å². The number of hydrogen-bond acceptors (Lipinski definition) is 6. The third-order valence-electron chi connectivity index (χ3n) is 5.25. The first-order valence-electron chi connectivity index (χ1n) is 10.4. The lowest BCUT2D eigenvalue weighted by Crippen LogP contribution is -2.17. The largest absolute Gasteiger partial charge is 0.486 e. The highest BCUT2D eigenvalue weighted by molar-refractivity contribution is 5.82. The van der Waals surface area contributed by atoms with Crippen LogP contribution in [0.4, 0.5) is 0 Å². The van der Waals surface area contributed by atoms with Crippen LogP contribution in [-0.2, 0) is 16.1 Å². The Labute approximate surface area is 185 Å². The number of carbonyl (C=O) groups excluding carboxylic acids is 1. The molecule has 1 aromatic heterocycles. The van der Waals surface area contributed by atoms with Crippen molar-refractivity contribution in [2.75, 3.05) is 13.2 Å². The Bertz CT molecular complexity index is 1160. The molecular formula is C26H21NO5. The molecule has 5 rings (SSSR count). The zero-order chi connectivity index (χ0) is 21.8. The van der Waals surface area contributed by atoms with E-state index in [0.29, 0.717) is 36.2 Å². The van der Waals surface area contributed by atoms with Crippen molar-refractivity contribution in [3.63, 3.8) is 0 Å². The fraction of sp³-hybridized carbons (Fsp3) is 0.154. The van der Waals surface area contributed by atoms with E-state index in [1.54, 1.807) is 6.07 Å². The second kappa shape index (κ2) is 8.98. The summed E-state index contributed by atoms with van der Waals surface area (Å²) >= 11 is 0. The van der Waals surface area contributed by atoms with Gasteiger partial charge in [0.2, 0.25) is 0 Å². The van der Waals surface area contributed by atoms with Crippen molar-refractivity contribution in [3.05, 3.63) is 102 Å². The molecule has 2 heterocycles. The van der Waals surface area contributed by atoms with E-state index in [0.717, 1.165) is 16.7 Å². The minimum Gasteiger partial charge on any atom is -0.486 e. The van der Waals surface area contributed by atoms with E-state index in [9.17, 15) is 4.79 Å². The lowest BCUT2D eigenvalue weighted by atomic mass is 9.91. The van der Waals surface area contributed by atoms with Gasteiger partial charge in [-0.05, 0) is 29.3 Å². The van der Waals surface area contributed by atoms with Crippen LogP contribution in [-0.4, -0.2) is 24.3 Å². The van der Waals surface area contributed by atoms with Crippen molar-refractivity contribution < 1.29 is 23.5 Å². The quantitative estimate of drug-likeness (QED) is 0.404. The summed E-state index contributed by atoms with van der Waals surface area (Å²) in [4.78, 5) is 13.0. The summed E-state index contributed by atoms with van der Waals surface area (Å²) in [5, 5.41) is 4.06. The smallest absolute Gasteiger partial charge is 0.318 e. The zero-order valence-corrected chi connectivity index (χ0v) is 17.3. The Balaban J connectivity index is 1.31. The Hall–Kier alpha value is -4.06. The second-order valence-electron chi connectivity index (χ2n) is 7.40. The Kier molecular flexibility index (Phi) is 5.58. The first kappa shape index (κ1) is 19.9. The summed E-state index contributed by atoms with van der Waals surface area (Å²) in [7, 11) is 0. The predicted molar refractivity (Wildman–Crippen MR) is 117 cm³/mol. The number of aromatic nitrogens is 1. The molecule has 32 heavy (non-hydrogen) atoms. The molecular weight excluding hydrogens is 406 g/mol. The van der Waals surface area contributed by atoms with E-state index in [-0.39, 0.29) is 12.6 Å². The second-order valence-corrected chi connectivity index (χ2v) is 7.40. The fourth-order valence-electron chi connectivity index (χ4n) is 3.70. The Morgan fingerprint density at radius 2 is 1.50 bits per heavy atom. The molecule has 0 aliphatic carbocycles. The number of benzene rings is 3. The molecule has 0 radical (unpaired) electrons. The molecule has 4 aromatic rings. The van der Waals surface area contributed by atoms with Gasteiger partial charge in [-0.2, -0.15) is 0 Å². The molecule has 0 fully saturated rings. The third kappa shape index (κ3) is 4.21. The number of ether oxygens (including phenoxy) is 3. The van der Waals surface area contributed by atoms with Crippen molar-refractivity contribution in [1.82, 2.24) is 5.16 Å². The van der Waals surface area contributed by atoms with Crippen LogP contribution in [0, 0.1) is 0 Å². The molecule has 6 heteroatoms. The molecule has 1 aliphatic rings. The van der Waals surface area contributed by atoms with Crippen molar-refractivity contribution >= 4 is 5.97 Å². The summed E-state index contributed by atoms with van der Waals surface area (Å²) < 4.78 is 22.3. The van der Waals surface area contributed by atoms with Gasteiger partial charge in [0, 0.05) is 11.6 Å². The lowest BCUT2D eigenvalue weighted by Gasteiger charge is -2.18. The summed E-state index contributed by atoms with van der Waals surface area (Å²) in [5.41, 5.74) is 3.09. The van der Waals surface area contributed by atoms with Crippen LogP contribution in [0.5, 0.6) is 11.5 Å². The minimum atomic E-state index is -0.512. The number of carbonyl (C=O) groups is 1. The van der Waals surface area contributed by atoms with Crippen molar-refractivity contribution in [2.45, 2.75) is 12.5 Å². The highest BCUT2D eigenvalue weighted by Crippen LogP contribution is 2.35. The summed E-state index contributed by atoms with van der Waals surface area (Å²) in [6.07, 6.45) is 0. The molecule has 0 unspecified atom stereocenters. The van der Waals surface area contributed by atoms with Crippen LogP contribution in [0.25, 0.3) is 11.3 Å². The molecule has 0 saturated carbocycles. The lowest BCUT2D eigenvalue weighted by molar-refractivity contribution is -0.145. The average molecular weight is 427 g/mol. The van der Waals surface area contributed by atoms with E-state index in [4.69, 9.17) is 18.7 Å².